The number of methoxy groups -OCH3 is 1. The number of nitrogens with one attached hydrogen (secondary N) is 4. The second-order valence-electron chi connectivity index (χ2n) is 17.6. The van der Waals surface area contributed by atoms with Gasteiger partial charge in [-0.1, -0.05) is 72.8 Å². The third kappa shape index (κ3) is 12.9. The van der Waals surface area contributed by atoms with Crippen LogP contribution < -0.4 is 31.0 Å². The Balaban J connectivity index is 0.829. The average molecular weight is 938 g/mol. The number of benzene rings is 5. The van der Waals surface area contributed by atoms with Crippen LogP contribution in [0.2, 0.25) is 0 Å². The normalized spacial score (nSPS) is 17.6. The van der Waals surface area contributed by atoms with Crippen LogP contribution in [0.15, 0.2) is 132 Å². The number of aliphatic hydroxyl groups excluding tert-OH is 1. The number of hydrogen-bond donors (Lipinski definition) is 6. The van der Waals surface area contributed by atoms with Crippen LogP contribution in [-0.2, 0) is 27.3 Å². The number of rotatable bonds is 21. The van der Waals surface area contributed by atoms with Gasteiger partial charge in [-0.3, -0.25) is 14.5 Å². The zero-order valence-electron chi connectivity index (χ0n) is 38.6. The van der Waals surface area contributed by atoms with Gasteiger partial charge in [0.05, 0.1) is 31.4 Å². The molecule has 2 bridgehead atoms. The number of aromatic amines is 1. The number of aliphatic hydroxyl groups is 1. The first-order chi connectivity index (χ1) is 33.6. The van der Waals surface area contributed by atoms with Gasteiger partial charge in [0.25, 0.3) is 5.91 Å². The molecule has 4 atom stereocenters. The predicted molar refractivity (Wildman–Crippen MR) is 260 cm³/mol. The maximum atomic E-state index is 13.6. The molecule has 15 nitrogen and oxygen atoms in total. The van der Waals surface area contributed by atoms with Crippen LogP contribution >= 0.6 is 0 Å². The molecule has 15 heteroatoms. The number of ether oxygens (including phenoxy) is 4. The number of phenols is 1. The van der Waals surface area contributed by atoms with Crippen molar-refractivity contribution in [3.63, 3.8) is 0 Å². The Kier molecular flexibility index (Phi) is 16.2. The monoisotopic (exact) mass is 937 g/mol. The van der Waals surface area contributed by atoms with E-state index >= 15 is 0 Å². The second kappa shape index (κ2) is 23.2. The van der Waals surface area contributed by atoms with E-state index in [1.165, 1.54) is 12.1 Å². The predicted octanol–water partition coefficient (Wildman–Crippen LogP) is 6.72. The van der Waals surface area contributed by atoms with E-state index in [1.54, 1.807) is 55.6 Å². The Morgan fingerprint density at radius 3 is 2.30 bits per heavy atom. The lowest BCUT2D eigenvalue weighted by atomic mass is 9.86. The largest absolute Gasteiger partial charge is 0.506 e. The van der Waals surface area contributed by atoms with Gasteiger partial charge >= 0.3 is 12.1 Å². The van der Waals surface area contributed by atoms with E-state index in [9.17, 15) is 29.4 Å². The van der Waals surface area contributed by atoms with E-state index in [1.807, 2.05) is 66.7 Å². The van der Waals surface area contributed by atoms with Gasteiger partial charge in [0, 0.05) is 36.5 Å². The van der Waals surface area contributed by atoms with Gasteiger partial charge in [-0.2, -0.15) is 0 Å². The van der Waals surface area contributed by atoms with Gasteiger partial charge in [-0.25, -0.2) is 9.59 Å². The number of esters is 1. The number of H-pyrrole nitrogens is 1. The first kappa shape index (κ1) is 48.3. The number of piperidine rings is 3. The molecule has 4 heterocycles. The first-order valence-corrected chi connectivity index (χ1v) is 23.5. The van der Waals surface area contributed by atoms with Crippen LogP contribution in [0.3, 0.4) is 0 Å². The number of aromatic nitrogens is 1. The van der Waals surface area contributed by atoms with Crippen LogP contribution in [0, 0.1) is 5.92 Å². The molecule has 9 rings (SSSR count). The molecular weight excluding hydrogens is 879 g/mol. The zero-order chi connectivity index (χ0) is 48.1. The van der Waals surface area contributed by atoms with Crippen molar-refractivity contribution in [3.8, 4) is 17.2 Å². The highest BCUT2D eigenvalue weighted by atomic mass is 16.6. The lowest BCUT2D eigenvalue weighted by molar-refractivity contribution is -0.146. The molecule has 3 saturated heterocycles. The molecule has 2 amide bonds. The number of amides is 2. The fraction of sp³-hybridized carbons (Fsp3) is 0.333. The van der Waals surface area contributed by atoms with Crippen molar-refractivity contribution < 1.29 is 43.5 Å². The van der Waals surface area contributed by atoms with E-state index in [0.29, 0.717) is 53.3 Å². The van der Waals surface area contributed by atoms with Gasteiger partial charge < -0.3 is 50.1 Å². The Morgan fingerprint density at radius 1 is 0.812 bits per heavy atom. The minimum atomic E-state index is -0.971. The number of pyridine rings is 1. The van der Waals surface area contributed by atoms with E-state index in [4.69, 9.17) is 18.9 Å². The number of hydrogen-bond acceptors (Lipinski definition) is 12. The number of carbonyl (C=O) groups is 3. The minimum absolute atomic E-state index is 0.0777. The van der Waals surface area contributed by atoms with Gasteiger partial charge in [0.2, 0.25) is 5.56 Å². The van der Waals surface area contributed by atoms with Gasteiger partial charge in [-0.05, 0) is 128 Å². The average Bonchev–Trinajstić information content (AvgIpc) is 3.38. The van der Waals surface area contributed by atoms with E-state index in [2.05, 4.69) is 25.8 Å². The molecule has 0 spiro atoms. The van der Waals surface area contributed by atoms with Crippen molar-refractivity contribution in [1.82, 2.24) is 25.8 Å². The molecular formula is C54H59N5O10. The summed E-state index contributed by atoms with van der Waals surface area (Å²) in [6, 6.07) is 36.2. The van der Waals surface area contributed by atoms with Crippen molar-refractivity contribution in [3.05, 3.63) is 171 Å². The summed E-state index contributed by atoms with van der Waals surface area (Å²) < 4.78 is 23.2. The molecule has 0 radical (unpaired) electrons. The smallest absolute Gasteiger partial charge is 0.408 e. The zero-order valence-corrected chi connectivity index (χ0v) is 38.6. The lowest BCUT2D eigenvalue weighted by Gasteiger charge is -2.43. The number of fused-ring (bicyclic) bond motifs is 4. The molecule has 3 aliphatic heterocycles. The molecule has 0 aliphatic carbocycles. The maximum Gasteiger partial charge on any atom is 0.408 e. The van der Waals surface area contributed by atoms with E-state index in [0.717, 1.165) is 54.7 Å². The van der Waals surface area contributed by atoms with Crippen molar-refractivity contribution in [1.29, 1.82) is 0 Å². The summed E-state index contributed by atoms with van der Waals surface area (Å²) in [6.07, 6.45) is 2.02. The topological polar surface area (TPSA) is 201 Å². The molecule has 3 unspecified atom stereocenters. The molecule has 1 aromatic heterocycles. The standard InChI is InChI=1S/C54H59N5O10/c1-66-41-18-14-35(15-19-41)30-45(53(64)67-29-6-5-26-55-32-47(61)43-20-22-46(60)51-44(43)21-23-49(62)57-51)56-52(63)39-16-12-36(13-17-39)34-68-42-11-7-10-40(31-42)50(38-8-3-2-4-9-38)58-54(65)69-48-33-59-27-24-37(48)25-28-59/h2-4,7-23,31,37,45,47-48,50,55,60-61H,5-6,24-30,32-34H2,1H3,(H,56,63)(H,57,62)(H,58,65)/t45?,47?,48-,50?/m0/s1. The summed E-state index contributed by atoms with van der Waals surface area (Å²) >= 11 is 0. The van der Waals surface area contributed by atoms with Crippen LogP contribution in [0.5, 0.6) is 17.2 Å². The third-order valence-corrected chi connectivity index (χ3v) is 12.8. The quantitative estimate of drug-likeness (QED) is 0.0330. The summed E-state index contributed by atoms with van der Waals surface area (Å²) in [4.78, 5) is 57.2. The lowest BCUT2D eigenvalue weighted by Crippen LogP contribution is -2.52. The highest BCUT2D eigenvalue weighted by molar-refractivity contribution is 5.97. The molecule has 6 aromatic rings. The fourth-order valence-electron chi connectivity index (χ4n) is 9.00. The molecule has 360 valence electrons. The van der Waals surface area contributed by atoms with Crippen molar-refractivity contribution in [2.24, 2.45) is 5.92 Å². The summed E-state index contributed by atoms with van der Waals surface area (Å²) in [7, 11) is 1.57. The van der Waals surface area contributed by atoms with Crippen molar-refractivity contribution in [2.75, 3.05) is 46.4 Å². The van der Waals surface area contributed by atoms with Crippen molar-refractivity contribution in [2.45, 2.75) is 63.0 Å². The Morgan fingerprint density at radius 2 is 1.57 bits per heavy atom. The van der Waals surface area contributed by atoms with E-state index in [-0.39, 0.29) is 49.1 Å². The second-order valence-corrected chi connectivity index (χ2v) is 17.6. The summed E-state index contributed by atoms with van der Waals surface area (Å²) in [6.45, 7) is 4.00. The van der Waals surface area contributed by atoms with Crippen LogP contribution in [-0.4, -0.2) is 96.7 Å². The van der Waals surface area contributed by atoms with Gasteiger partial charge in [0.15, 0.2) is 0 Å². The summed E-state index contributed by atoms with van der Waals surface area (Å²) in [5, 5.41) is 30.8. The fourth-order valence-corrected chi connectivity index (χ4v) is 9.00. The Labute approximate surface area is 400 Å². The SMILES string of the molecule is COc1ccc(CC(NC(=O)c2ccc(COc3cccc(C(NC(=O)O[C@H]4CN5CCC4CC5)c4ccccc4)c3)cc2)C(=O)OCCCCNCC(O)c2ccc(O)c3[nH]c(=O)ccc23)cc1. The van der Waals surface area contributed by atoms with Crippen molar-refractivity contribution >= 4 is 28.9 Å². The van der Waals surface area contributed by atoms with Crippen LogP contribution in [0.25, 0.3) is 10.9 Å². The third-order valence-electron chi connectivity index (χ3n) is 12.8. The van der Waals surface area contributed by atoms with Gasteiger partial charge in [-0.15, -0.1) is 0 Å². The number of nitrogens with zero attached hydrogens (tertiary/aromatic N) is 1. The number of aromatic hydroxyl groups is 1. The highest BCUT2D eigenvalue weighted by Gasteiger charge is 2.37. The summed E-state index contributed by atoms with van der Waals surface area (Å²) in [5.41, 5.74) is 4.22. The Bertz CT molecular complexity index is 2720. The minimum Gasteiger partial charge on any atom is -0.506 e. The Hall–Kier alpha value is -7.20. The van der Waals surface area contributed by atoms with Crippen LogP contribution in [0.4, 0.5) is 4.79 Å². The summed E-state index contributed by atoms with van der Waals surface area (Å²) in [5.74, 6) is 0.587. The highest BCUT2D eigenvalue weighted by Crippen LogP contribution is 2.32. The number of unbranched alkanes of at least 4 members (excludes halogenated alkanes) is 1. The first-order valence-electron chi connectivity index (χ1n) is 23.5. The molecule has 0 saturated carbocycles. The molecule has 5 aromatic carbocycles. The van der Waals surface area contributed by atoms with Crippen LogP contribution in [0.1, 0.15) is 76.0 Å². The number of alkyl carbamates (subject to hydrolysis) is 1. The molecule has 3 fully saturated rings. The number of carbonyl (C=O) groups excluding carboxylic acids is 3. The molecule has 3 aliphatic rings. The number of phenolic OH excluding ortho intramolecular Hbond substituents is 1. The van der Waals surface area contributed by atoms with Gasteiger partial charge in [0.1, 0.15) is 36.0 Å². The molecule has 6 N–H and O–H groups in total. The molecule has 69 heavy (non-hydrogen) atoms. The van der Waals surface area contributed by atoms with E-state index < -0.39 is 36.2 Å². The maximum absolute atomic E-state index is 13.6.